The fraction of sp³-hybridized carbons (Fsp3) is 0.343. The highest BCUT2D eigenvalue weighted by Gasteiger charge is 2.72. The first kappa shape index (κ1) is 31.3. The van der Waals surface area contributed by atoms with Crippen molar-refractivity contribution in [3.05, 3.63) is 95.1 Å². The number of aromatic hydroxyl groups is 1. The summed E-state index contributed by atoms with van der Waals surface area (Å²) in [6, 6.07) is 21.1. The molecule has 6 rings (SSSR count). The molecule has 238 valence electrons. The van der Waals surface area contributed by atoms with Crippen molar-refractivity contribution in [1.82, 2.24) is 4.90 Å². The number of aliphatic hydroxyl groups is 2. The van der Waals surface area contributed by atoms with Crippen LogP contribution in [0.1, 0.15) is 27.0 Å². The maximum absolute atomic E-state index is 14.2. The van der Waals surface area contributed by atoms with Crippen molar-refractivity contribution in [3.63, 3.8) is 0 Å². The lowest BCUT2D eigenvalue weighted by Crippen LogP contribution is -2.77. The Bertz CT molecular complexity index is 1700. The van der Waals surface area contributed by atoms with Crippen LogP contribution in [0.5, 0.6) is 5.75 Å². The number of carbonyl (C=O) groups is 5. The van der Waals surface area contributed by atoms with E-state index in [1.165, 1.54) is 19.0 Å². The SMILES string of the molecule is CN(C)[C@H]1C(=O)C(C(N)=O)C(=O)[C@]2(O)C(=O)C3C(=O)c4c(ccc(N(Cc5ccccc5)Cc5ccccc5)c4O)C[C@@H]3[C@@H](O)[C@H]12. The number of fused-ring (bicyclic) bond motifs is 3. The Labute approximate surface area is 265 Å². The molecule has 7 atom stereocenters. The van der Waals surface area contributed by atoms with Crippen molar-refractivity contribution in [3.8, 4) is 5.75 Å². The third kappa shape index (κ3) is 4.74. The van der Waals surface area contributed by atoms with Gasteiger partial charge in [0.25, 0.3) is 0 Å². The zero-order valence-corrected chi connectivity index (χ0v) is 25.4. The molecule has 3 aliphatic carbocycles. The first-order chi connectivity index (χ1) is 21.9. The normalized spacial score (nSPS) is 28.8. The van der Waals surface area contributed by atoms with Crippen LogP contribution in [0.2, 0.25) is 0 Å². The quantitative estimate of drug-likeness (QED) is 0.277. The summed E-state index contributed by atoms with van der Waals surface area (Å²) >= 11 is 0. The molecule has 0 aliphatic heterocycles. The molecule has 2 fully saturated rings. The predicted octanol–water partition coefficient (Wildman–Crippen LogP) is 1.04. The second-order valence-electron chi connectivity index (χ2n) is 12.7. The highest BCUT2D eigenvalue weighted by Crippen LogP contribution is 2.51. The molecule has 3 aromatic carbocycles. The van der Waals surface area contributed by atoms with Gasteiger partial charge in [0.05, 0.1) is 35.2 Å². The summed E-state index contributed by atoms with van der Waals surface area (Å²) < 4.78 is 0. The number of nitrogens with two attached hydrogens (primary N) is 1. The number of benzene rings is 3. The van der Waals surface area contributed by atoms with E-state index in [0.717, 1.165) is 11.1 Å². The zero-order chi connectivity index (χ0) is 33.1. The Morgan fingerprint density at radius 3 is 1.98 bits per heavy atom. The minimum absolute atomic E-state index is 0.0434. The number of hydrogen-bond acceptors (Lipinski definition) is 10. The average molecular weight is 626 g/mol. The predicted molar refractivity (Wildman–Crippen MR) is 166 cm³/mol. The number of nitrogens with zero attached hydrogens (tertiary/aromatic N) is 2. The van der Waals surface area contributed by atoms with Gasteiger partial charge in [-0.05, 0) is 43.3 Å². The van der Waals surface area contributed by atoms with E-state index in [4.69, 9.17) is 5.73 Å². The van der Waals surface area contributed by atoms with E-state index in [1.807, 2.05) is 65.6 Å². The van der Waals surface area contributed by atoms with E-state index in [9.17, 15) is 39.3 Å². The van der Waals surface area contributed by atoms with Gasteiger partial charge >= 0.3 is 0 Å². The molecular weight excluding hydrogens is 590 g/mol. The third-order valence-electron chi connectivity index (χ3n) is 9.77. The summed E-state index contributed by atoms with van der Waals surface area (Å²) in [5.74, 6) is -12.7. The van der Waals surface area contributed by atoms with Crippen molar-refractivity contribution in [1.29, 1.82) is 0 Å². The van der Waals surface area contributed by atoms with Crippen molar-refractivity contribution in [2.45, 2.75) is 37.3 Å². The molecule has 0 saturated heterocycles. The summed E-state index contributed by atoms with van der Waals surface area (Å²) in [6.07, 6.45) is -1.70. The van der Waals surface area contributed by atoms with Gasteiger partial charge in [0.15, 0.2) is 34.7 Å². The number of likely N-dealkylation sites (N-methyl/N-ethyl adjacent to an activating group) is 1. The Morgan fingerprint density at radius 2 is 1.46 bits per heavy atom. The van der Waals surface area contributed by atoms with Crippen LogP contribution in [0.15, 0.2) is 72.8 Å². The van der Waals surface area contributed by atoms with Crippen LogP contribution in [-0.2, 0) is 38.7 Å². The third-order valence-corrected chi connectivity index (χ3v) is 9.77. The van der Waals surface area contributed by atoms with Gasteiger partial charge in [-0.3, -0.25) is 28.9 Å². The second kappa shape index (κ2) is 11.6. The summed E-state index contributed by atoms with van der Waals surface area (Å²) in [5.41, 5.74) is 4.83. The highest BCUT2D eigenvalue weighted by atomic mass is 16.3. The van der Waals surface area contributed by atoms with Gasteiger partial charge in [-0.25, -0.2) is 0 Å². The molecule has 11 heteroatoms. The van der Waals surface area contributed by atoms with Gasteiger partial charge in [-0.2, -0.15) is 0 Å². The fourth-order valence-electron chi connectivity index (χ4n) is 7.67. The molecule has 0 aromatic heterocycles. The van der Waals surface area contributed by atoms with Crippen molar-refractivity contribution in [2.75, 3.05) is 19.0 Å². The molecule has 11 nitrogen and oxygen atoms in total. The molecule has 46 heavy (non-hydrogen) atoms. The van der Waals surface area contributed by atoms with Gasteiger partial charge in [0.2, 0.25) is 5.91 Å². The summed E-state index contributed by atoms with van der Waals surface area (Å²) in [4.78, 5) is 70.7. The fourth-order valence-corrected chi connectivity index (χ4v) is 7.67. The van der Waals surface area contributed by atoms with E-state index in [0.29, 0.717) is 24.3 Å². The minimum Gasteiger partial charge on any atom is -0.505 e. The largest absolute Gasteiger partial charge is 0.505 e. The van der Waals surface area contributed by atoms with Crippen molar-refractivity contribution < 1.29 is 39.3 Å². The number of hydrogen-bond donors (Lipinski definition) is 4. The molecule has 0 radical (unpaired) electrons. The number of carbonyl (C=O) groups excluding carboxylic acids is 5. The molecule has 3 aromatic rings. The molecule has 2 unspecified atom stereocenters. The van der Waals surface area contributed by atoms with E-state index in [2.05, 4.69) is 0 Å². The standard InChI is InChI=1S/C35H35N3O8/c1-37(2)27-26-28(39)21-15-20-13-14-22(38(16-18-9-5-3-6-10-18)17-19-11-7-4-8-12-19)29(40)23(20)30(41)24(21)32(43)35(26,46)33(44)25(31(27)42)34(36)45/h3-14,21,24-28,39-40,46H,15-17H2,1-2H3,(H2,36,45)/t21-,24?,25?,26-,27+,28+,35+/m0/s1. The number of phenols is 1. The lowest BCUT2D eigenvalue weighted by molar-refractivity contribution is -0.195. The van der Waals surface area contributed by atoms with Crippen LogP contribution in [0.25, 0.3) is 0 Å². The van der Waals surface area contributed by atoms with Crippen molar-refractivity contribution >= 4 is 34.7 Å². The van der Waals surface area contributed by atoms with Crippen LogP contribution < -0.4 is 10.6 Å². The van der Waals surface area contributed by atoms with Gasteiger partial charge in [0, 0.05) is 19.0 Å². The Kier molecular flexibility index (Phi) is 7.87. The van der Waals surface area contributed by atoms with Gasteiger partial charge in [-0.1, -0.05) is 66.7 Å². The molecular formula is C35H35N3O8. The molecule has 5 N–H and O–H groups in total. The molecule has 0 bridgehead atoms. The average Bonchev–Trinajstić information content (AvgIpc) is 3.01. The maximum atomic E-state index is 14.2. The van der Waals surface area contributed by atoms with E-state index in [-0.39, 0.29) is 17.7 Å². The smallest absolute Gasteiger partial charge is 0.235 e. The van der Waals surface area contributed by atoms with Gasteiger partial charge in [0.1, 0.15) is 5.75 Å². The highest BCUT2D eigenvalue weighted by molar-refractivity contribution is 6.32. The molecule has 0 spiro atoms. The Balaban J connectivity index is 1.44. The number of rotatable bonds is 7. The monoisotopic (exact) mass is 625 g/mol. The van der Waals surface area contributed by atoms with Crippen LogP contribution in [0.4, 0.5) is 5.69 Å². The van der Waals surface area contributed by atoms with Gasteiger partial charge < -0.3 is 26.0 Å². The topological polar surface area (TPSA) is 179 Å². The van der Waals surface area contributed by atoms with Crippen LogP contribution in [0, 0.1) is 23.7 Å². The number of amides is 1. The van der Waals surface area contributed by atoms with E-state index >= 15 is 0 Å². The molecule has 2 saturated carbocycles. The zero-order valence-electron chi connectivity index (χ0n) is 25.4. The lowest BCUT2D eigenvalue weighted by Gasteiger charge is -2.54. The van der Waals surface area contributed by atoms with E-state index < -0.39 is 70.5 Å². The number of primary amides is 1. The molecule has 0 heterocycles. The summed E-state index contributed by atoms with van der Waals surface area (Å²) in [5, 5.41) is 35.2. The first-order valence-electron chi connectivity index (χ1n) is 15.1. The summed E-state index contributed by atoms with van der Waals surface area (Å²) in [7, 11) is 2.91. The van der Waals surface area contributed by atoms with E-state index in [1.54, 1.807) is 12.1 Å². The van der Waals surface area contributed by atoms with Crippen LogP contribution in [-0.4, -0.2) is 81.1 Å². The molecule has 1 amide bonds. The van der Waals surface area contributed by atoms with Crippen molar-refractivity contribution in [2.24, 2.45) is 29.4 Å². The number of Topliss-reactive ketones (excluding diaryl/α,β-unsaturated/α-hetero) is 4. The number of aliphatic hydroxyl groups excluding tert-OH is 1. The molecule has 3 aliphatic rings. The second-order valence-corrected chi connectivity index (χ2v) is 12.7. The van der Waals surface area contributed by atoms with Gasteiger partial charge in [-0.15, -0.1) is 0 Å². The Hall–Kier alpha value is -4.71. The number of anilines is 1. The lowest BCUT2D eigenvalue weighted by atomic mass is 9.51. The summed E-state index contributed by atoms with van der Waals surface area (Å²) in [6.45, 7) is 0.759. The number of ketones is 4. The Morgan fingerprint density at radius 1 is 0.891 bits per heavy atom. The first-order valence-corrected chi connectivity index (χ1v) is 15.1. The number of phenolic OH excluding ortho intramolecular Hbond substituents is 1. The van der Waals surface area contributed by atoms with Crippen LogP contribution in [0.3, 0.4) is 0 Å². The van der Waals surface area contributed by atoms with Crippen LogP contribution >= 0.6 is 0 Å². The maximum Gasteiger partial charge on any atom is 0.235 e. The minimum atomic E-state index is -3.03.